The highest BCUT2D eigenvalue weighted by Gasteiger charge is 2.48. The molecule has 7 nitrogen and oxygen atoms in total. The first-order valence-electron chi connectivity index (χ1n) is 14.0. The molecule has 4 atom stereocenters. The molecule has 10 heteroatoms. The first-order valence-corrected chi connectivity index (χ1v) is 16.7. The third-order valence-corrected chi connectivity index (χ3v) is 11.1. The van der Waals surface area contributed by atoms with Crippen LogP contribution >= 0.6 is 11.8 Å². The molecule has 0 fully saturated rings. The van der Waals surface area contributed by atoms with Crippen LogP contribution in [0.4, 0.5) is 4.39 Å². The van der Waals surface area contributed by atoms with Gasteiger partial charge in [0.1, 0.15) is 5.82 Å². The molecular formula is C32H36FNO6S2. The Hall–Kier alpha value is -3.21. The van der Waals surface area contributed by atoms with Crippen LogP contribution in [0.3, 0.4) is 0 Å². The Balaban J connectivity index is 1.67. The first kappa shape index (κ1) is 31.7. The van der Waals surface area contributed by atoms with Crippen LogP contribution in [0.15, 0.2) is 82.6 Å². The number of hydrogen-bond acceptors (Lipinski definition) is 6. The van der Waals surface area contributed by atoms with Gasteiger partial charge in [-0.3, -0.25) is 4.79 Å². The highest BCUT2D eigenvalue weighted by atomic mass is 32.2. The molecule has 1 aliphatic heterocycles. The second-order valence-corrected chi connectivity index (χ2v) is 13.8. The van der Waals surface area contributed by atoms with Gasteiger partial charge in [-0.05, 0) is 48.2 Å². The van der Waals surface area contributed by atoms with Gasteiger partial charge < -0.3 is 15.5 Å². The van der Waals surface area contributed by atoms with E-state index in [4.69, 9.17) is 0 Å². The Morgan fingerprint density at radius 1 is 1.07 bits per heavy atom. The number of carbonyl (C=O) groups is 2. The van der Waals surface area contributed by atoms with Crippen molar-refractivity contribution in [1.29, 1.82) is 0 Å². The van der Waals surface area contributed by atoms with Crippen molar-refractivity contribution in [2.75, 3.05) is 11.5 Å². The zero-order valence-electron chi connectivity index (χ0n) is 23.6. The number of carboxylic acids is 1. The van der Waals surface area contributed by atoms with Crippen molar-refractivity contribution in [2.24, 2.45) is 5.41 Å². The van der Waals surface area contributed by atoms with E-state index in [1.165, 1.54) is 18.2 Å². The van der Waals surface area contributed by atoms with Crippen LogP contribution in [-0.2, 0) is 19.4 Å². The normalized spacial score (nSPS) is 22.0. The molecule has 3 N–H and O–H groups in total. The van der Waals surface area contributed by atoms with Gasteiger partial charge in [-0.25, -0.2) is 17.6 Å². The van der Waals surface area contributed by atoms with Crippen molar-refractivity contribution in [2.45, 2.75) is 67.4 Å². The van der Waals surface area contributed by atoms with E-state index < -0.39 is 51.0 Å². The van der Waals surface area contributed by atoms with Crippen molar-refractivity contribution in [3.05, 3.63) is 95.3 Å². The number of thioether (sulfide) groups is 1. The van der Waals surface area contributed by atoms with E-state index in [2.05, 4.69) is 5.32 Å². The van der Waals surface area contributed by atoms with Crippen LogP contribution in [-0.4, -0.2) is 48.1 Å². The van der Waals surface area contributed by atoms with E-state index in [0.29, 0.717) is 23.3 Å². The predicted molar refractivity (Wildman–Crippen MR) is 161 cm³/mol. The van der Waals surface area contributed by atoms with E-state index in [-0.39, 0.29) is 22.0 Å². The summed E-state index contributed by atoms with van der Waals surface area (Å²) in [5.41, 5.74) is 0.286. The molecule has 4 rings (SSSR count). The molecule has 0 radical (unpaired) electrons. The van der Waals surface area contributed by atoms with E-state index >= 15 is 0 Å². The molecular weight excluding hydrogens is 577 g/mol. The third kappa shape index (κ3) is 6.71. The predicted octanol–water partition coefficient (Wildman–Crippen LogP) is 5.73. The topological polar surface area (TPSA) is 121 Å². The zero-order chi connectivity index (χ0) is 30.5. The van der Waals surface area contributed by atoms with Gasteiger partial charge in [-0.2, -0.15) is 0 Å². The second-order valence-electron chi connectivity index (χ2n) is 10.8. The quantitative estimate of drug-likeness (QED) is 0.236. The molecule has 0 saturated heterocycles. The fraction of sp³-hybridized carbons (Fsp3) is 0.375. The number of benzene rings is 3. The minimum absolute atomic E-state index is 0.152. The summed E-state index contributed by atoms with van der Waals surface area (Å²) in [6.07, 6.45) is 1.78. The summed E-state index contributed by atoms with van der Waals surface area (Å²) in [5, 5.41) is 24.0. The van der Waals surface area contributed by atoms with Gasteiger partial charge in [0.15, 0.2) is 15.9 Å². The number of nitrogens with one attached hydrogen (secondary N) is 1. The minimum atomic E-state index is -3.76. The Morgan fingerprint density at radius 3 is 2.40 bits per heavy atom. The molecule has 1 heterocycles. The molecule has 4 unspecified atom stereocenters. The van der Waals surface area contributed by atoms with E-state index in [0.717, 1.165) is 36.2 Å². The van der Waals surface area contributed by atoms with Gasteiger partial charge in [-0.15, -0.1) is 11.8 Å². The summed E-state index contributed by atoms with van der Waals surface area (Å²) in [6, 6.07) is 18.0. The largest absolute Gasteiger partial charge is 0.479 e. The van der Waals surface area contributed by atoms with Crippen molar-refractivity contribution < 1.29 is 32.6 Å². The van der Waals surface area contributed by atoms with Crippen molar-refractivity contribution in [3.8, 4) is 0 Å². The molecule has 1 amide bonds. The number of unbranched alkanes of at least 4 members (excludes halogenated alkanes) is 1. The maximum Gasteiger partial charge on any atom is 0.331 e. The molecule has 0 bridgehead atoms. The number of halogens is 1. The lowest BCUT2D eigenvalue weighted by Crippen LogP contribution is -2.42. The standard InChI is InChI=1S/C32H36FNO6S2/c1-3-5-17-32(4-2)20-42(39,40)26-16-15-22(18-24(26)28(30(32)36)21-11-7-6-8-12-21)41-19-27(35)34-29(31(37)38)23-13-9-10-14-25(23)33/h6-16,18,28-30,36H,3-5,17,19-20H2,1-2H3,(H,34,35)(H,37,38). The Labute approximate surface area is 250 Å². The monoisotopic (exact) mass is 613 g/mol. The Bertz CT molecular complexity index is 1530. The van der Waals surface area contributed by atoms with Gasteiger partial charge in [0, 0.05) is 21.8 Å². The van der Waals surface area contributed by atoms with Crippen molar-refractivity contribution in [1.82, 2.24) is 5.32 Å². The molecule has 224 valence electrons. The number of aliphatic hydroxyl groups is 1. The lowest BCUT2D eigenvalue weighted by molar-refractivity contribution is -0.141. The van der Waals surface area contributed by atoms with Crippen LogP contribution in [0.1, 0.15) is 68.2 Å². The minimum Gasteiger partial charge on any atom is -0.479 e. The maximum absolute atomic E-state index is 14.2. The van der Waals surface area contributed by atoms with Gasteiger partial charge in [0.2, 0.25) is 5.91 Å². The number of carbonyl (C=O) groups excluding carboxylic acids is 1. The van der Waals surface area contributed by atoms with Crippen LogP contribution in [0.2, 0.25) is 0 Å². The third-order valence-electron chi connectivity index (χ3n) is 8.10. The van der Waals surface area contributed by atoms with Crippen LogP contribution in [0.25, 0.3) is 0 Å². The maximum atomic E-state index is 14.2. The highest BCUT2D eigenvalue weighted by molar-refractivity contribution is 8.00. The smallest absolute Gasteiger partial charge is 0.331 e. The molecule has 0 saturated carbocycles. The summed E-state index contributed by atoms with van der Waals surface area (Å²) in [7, 11) is -3.76. The van der Waals surface area contributed by atoms with Crippen molar-refractivity contribution in [3.63, 3.8) is 0 Å². The second kappa shape index (κ2) is 13.4. The lowest BCUT2D eigenvalue weighted by Gasteiger charge is -2.39. The Kier molecular flexibility index (Phi) is 10.1. The summed E-state index contributed by atoms with van der Waals surface area (Å²) < 4.78 is 41.8. The van der Waals surface area contributed by atoms with Gasteiger partial charge >= 0.3 is 5.97 Å². The van der Waals surface area contributed by atoms with Gasteiger partial charge in [-0.1, -0.05) is 75.2 Å². The number of aliphatic carboxylic acids is 1. The summed E-state index contributed by atoms with van der Waals surface area (Å²) >= 11 is 1.10. The molecule has 3 aromatic rings. The number of aliphatic hydroxyl groups excluding tert-OH is 1. The highest BCUT2D eigenvalue weighted by Crippen LogP contribution is 2.49. The molecule has 0 aliphatic carbocycles. The molecule has 1 aliphatic rings. The number of fused-ring (bicyclic) bond motifs is 1. The average molecular weight is 614 g/mol. The summed E-state index contributed by atoms with van der Waals surface area (Å²) in [6.45, 7) is 3.97. The molecule has 42 heavy (non-hydrogen) atoms. The number of rotatable bonds is 11. The SMILES string of the molecule is CCCCC1(CC)CS(=O)(=O)c2ccc(SCC(=O)NC(C(=O)O)c3ccccc3F)cc2C(c2ccccc2)C1O. The van der Waals surface area contributed by atoms with Gasteiger partial charge in [0.05, 0.1) is 22.5 Å². The fourth-order valence-electron chi connectivity index (χ4n) is 5.80. The van der Waals surface area contributed by atoms with E-state index in [1.807, 2.05) is 44.2 Å². The van der Waals surface area contributed by atoms with E-state index in [1.54, 1.807) is 18.2 Å². The molecule has 0 spiro atoms. The summed E-state index contributed by atoms with van der Waals surface area (Å²) in [5.74, 6) is -3.70. The average Bonchev–Trinajstić information content (AvgIpc) is 3.04. The van der Waals surface area contributed by atoms with Crippen LogP contribution < -0.4 is 5.32 Å². The number of amides is 1. The zero-order valence-corrected chi connectivity index (χ0v) is 25.3. The Morgan fingerprint density at radius 2 is 1.76 bits per heavy atom. The van der Waals surface area contributed by atoms with Crippen LogP contribution in [0, 0.1) is 11.2 Å². The molecule has 0 aromatic heterocycles. The van der Waals surface area contributed by atoms with Gasteiger partial charge in [0.25, 0.3) is 0 Å². The fourth-order valence-corrected chi connectivity index (χ4v) is 8.81. The lowest BCUT2D eigenvalue weighted by atomic mass is 9.69. The van der Waals surface area contributed by atoms with E-state index in [9.17, 15) is 32.6 Å². The number of sulfone groups is 1. The van der Waals surface area contributed by atoms with Crippen LogP contribution in [0.5, 0.6) is 0 Å². The summed E-state index contributed by atoms with van der Waals surface area (Å²) in [4.78, 5) is 25.3. The number of hydrogen-bond donors (Lipinski definition) is 3. The molecule has 3 aromatic carbocycles. The number of carboxylic acid groups (broad SMARTS) is 1. The van der Waals surface area contributed by atoms with Crippen molar-refractivity contribution >= 4 is 33.5 Å². The first-order chi connectivity index (χ1) is 20.0.